The Morgan fingerprint density at radius 3 is 1.33 bits per heavy atom. The summed E-state index contributed by atoms with van der Waals surface area (Å²) in [6.07, 6.45) is 11.2. The lowest BCUT2D eigenvalue weighted by molar-refractivity contribution is 1.14. The molecule has 0 heteroatoms. The highest BCUT2D eigenvalue weighted by Crippen LogP contribution is 2.52. The van der Waals surface area contributed by atoms with Crippen molar-refractivity contribution in [3.8, 4) is 0 Å². The summed E-state index contributed by atoms with van der Waals surface area (Å²) in [6, 6.07) is 36.1. The van der Waals surface area contributed by atoms with Gasteiger partial charge < -0.3 is 0 Å². The molecule has 0 aromatic heterocycles. The third kappa shape index (κ3) is 3.07. The Balaban J connectivity index is 1.54. The Bertz CT molecular complexity index is 1490. The molecule has 8 bridgehead atoms. The van der Waals surface area contributed by atoms with E-state index in [1.807, 2.05) is 0 Å². The van der Waals surface area contributed by atoms with Crippen LogP contribution >= 0.6 is 0 Å². The summed E-state index contributed by atoms with van der Waals surface area (Å²) in [5.41, 5.74) is 14.2. The summed E-state index contributed by atoms with van der Waals surface area (Å²) < 4.78 is 0. The van der Waals surface area contributed by atoms with Gasteiger partial charge >= 0.3 is 0 Å². The smallest absolute Gasteiger partial charge is 0.0358 e. The van der Waals surface area contributed by atoms with Gasteiger partial charge in [-0.05, 0) is 67.3 Å². The highest BCUT2D eigenvalue weighted by atomic mass is 14.3. The second-order valence-corrected chi connectivity index (χ2v) is 9.06. The van der Waals surface area contributed by atoms with E-state index in [1.165, 1.54) is 61.2 Å². The van der Waals surface area contributed by atoms with Crippen molar-refractivity contribution >= 4 is 41.0 Å². The second-order valence-electron chi connectivity index (χ2n) is 9.06. The standard InChI is InChI=1S/C33H22/c1-3-24-9-17-28(18-10-24)32-30(26-13-5-22(1)6-14-26)21-31-27-15-7-23(8-16-27)2-4-25-11-19-29(20-12-25)33(31)32/h1-21,32H/b3-1-,4-2-,23-2?,25-4?,31-27?,33-29?. The van der Waals surface area contributed by atoms with Crippen LogP contribution < -0.4 is 0 Å². The van der Waals surface area contributed by atoms with E-state index in [4.69, 9.17) is 0 Å². The molecule has 13 rings (SSSR count). The van der Waals surface area contributed by atoms with Crippen LogP contribution in [0.25, 0.3) is 41.0 Å². The minimum atomic E-state index is 0.187. The summed E-state index contributed by atoms with van der Waals surface area (Å²) in [6.45, 7) is 0. The zero-order valence-corrected chi connectivity index (χ0v) is 18.2. The van der Waals surface area contributed by atoms with Gasteiger partial charge in [0.05, 0.1) is 0 Å². The van der Waals surface area contributed by atoms with Crippen molar-refractivity contribution in [3.05, 3.63) is 148 Å². The first-order chi connectivity index (χ1) is 16.3. The van der Waals surface area contributed by atoms with E-state index in [0.29, 0.717) is 0 Å². The van der Waals surface area contributed by atoms with Gasteiger partial charge in [-0.15, -0.1) is 0 Å². The normalized spacial score (nSPS) is 19.2. The van der Waals surface area contributed by atoms with Crippen LogP contribution in [0.15, 0.2) is 103 Å². The molecule has 4 aromatic rings. The maximum atomic E-state index is 2.43. The number of rotatable bonds is 0. The third-order valence-corrected chi connectivity index (χ3v) is 7.08. The average molecular weight is 419 g/mol. The molecule has 0 N–H and O–H groups in total. The highest BCUT2D eigenvalue weighted by molar-refractivity contribution is 6.11. The van der Waals surface area contributed by atoms with E-state index in [9.17, 15) is 0 Å². The maximum Gasteiger partial charge on any atom is 0.0358 e. The van der Waals surface area contributed by atoms with Crippen molar-refractivity contribution in [2.75, 3.05) is 0 Å². The van der Waals surface area contributed by atoms with E-state index < -0.39 is 0 Å². The van der Waals surface area contributed by atoms with Crippen molar-refractivity contribution in [3.63, 3.8) is 0 Å². The van der Waals surface area contributed by atoms with Gasteiger partial charge in [-0.2, -0.15) is 0 Å². The van der Waals surface area contributed by atoms with Gasteiger partial charge in [-0.3, -0.25) is 0 Å². The van der Waals surface area contributed by atoms with Gasteiger partial charge in [-0.1, -0.05) is 121 Å². The number of benzene rings is 4. The van der Waals surface area contributed by atoms with Crippen molar-refractivity contribution in [2.45, 2.75) is 5.92 Å². The molecule has 0 amide bonds. The molecule has 1 atom stereocenters. The van der Waals surface area contributed by atoms with Gasteiger partial charge in [0.15, 0.2) is 0 Å². The first kappa shape index (κ1) is 18.4. The fourth-order valence-electron chi connectivity index (χ4n) is 5.30. The SMILES string of the molecule is C1=C2c3ccc(cc3)/C=C\c3ccc(cc3)C2C2=C1c1ccc(cc1)/C=C\c1ccc2cc1. The molecular weight excluding hydrogens is 396 g/mol. The van der Waals surface area contributed by atoms with E-state index in [0.717, 1.165) is 0 Å². The van der Waals surface area contributed by atoms with Crippen LogP contribution in [0.5, 0.6) is 0 Å². The minimum absolute atomic E-state index is 0.187. The molecule has 0 saturated carbocycles. The van der Waals surface area contributed by atoms with Crippen molar-refractivity contribution in [1.29, 1.82) is 0 Å². The number of allylic oxidation sites excluding steroid dienone is 4. The minimum Gasteiger partial charge on any atom is -0.0575 e. The monoisotopic (exact) mass is 418 g/mol. The van der Waals surface area contributed by atoms with Crippen LogP contribution in [0.1, 0.15) is 50.4 Å². The van der Waals surface area contributed by atoms with Gasteiger partial charge in [-0.25, -0.2) is 0 Å². The van der Waals surface area contributed by atoms with Crippen LogP contribution in [0.4, 0.5) is 0 Å². The largest absolute Gasteiger partial charge is 0.0575 e. The van der Waals surface area contributed by atoms with Crippen LogP contribution in [0, 0.1) is 0 Å². The molecule has 0 saturated heterocycles. The Morgan fingerprint density at radius 1 is 0.394 bits per heavy atom. The van der Waals surface area contributed by atoms with Crippen molar-refractivity contribution in [1.82, 2.24) is 0 Å². The number of hydrogen-bond donors (Lipinski definition) is 0. The van der Waals surface area contributed by atoms with Crippen molar-refractivity contribution in [2.24, 2.45) is 0 Å². The first-order valence-corrected chi connectivity index (χ1v) is 11.6. The van der Waals surface area contributed by atoms with Crippen LogP contribution in [-0.4, -0.2) is 0 Å². The number of hydrogen-bond acceptors (Lipinski definition) is 0. The predicted molar refractivity (Wildman–Crippen MR) is 141 cm³/mol. The van der Waals surface area contributed by atoms with E-state index >= 15 is 0 Å². The summed E-state index contributed by atoms with van der Waals surface area (Å²) in [4.78, 5) is 0. The van der Waals surface area contributed by atoms with Gasteiger partial charge in [0.2, 0.25) is 0 Å². The molecule has 0 aliphatic heterocycles. The summed E-state index contributed by atoms with van der Waals surface area (Å²) in [5, 5.41) is 0. The molecule has 0 fully saturated rings. The lowest BCUT2D eigenvalue weighted by atomic mass is 9.80. The lowest BCUT2D eigenvalue weighted by Gasteiger charge is -2.23. The zero-order chi connectivity index (χ0) is 21.8. The van der Waals surface area contributed by atoms with Crippen molar-refractivity contribution < 1.29 is 0 Å². The van der Waals surface area contributed by atoms with Crippen LogP contribution in [0.2, 0.25) is 0 Å². The Kier molecular flexibility index (Phi) is 4.01. The zero-order valence-electron chi connectivity index (χ0n) is 18.2. The molecule has 154 valence electrons. The second kappa shape index (κ2) is 7.18. The van der Waals surface area contributed by atoms with E-state index in [2.05, 4.69) is 127 Å². The molecule has 0 heterocycles. The molecule has 1 unspecified atom stereocenters. The molecule has 9 aliphatic rings. The molecule has 0 spiro atoms. The van der Waals surface area contributed by atoms with Gasteiger partial charge in [0.25, 0.3) is 0 Å². The quantitative estimate of drug-likeness (QED) is 0.269. The molecule has 9 aliphatic carbocycles. The predicted octanol–water partition coefficient (Wildman–Crippen LogP) is 8.45. The maximum absolute atomic E-state index is 2.43. The Labute approximate surface area is 194 Å². The molecule has 4 aromatic carbocycles. The Morgan fingerprint density at radius 2 is 0.818 bits per heavy atom. The molecule has 33 heavy (non-hydrogen) atoms. The summed E-state index contributed by atoms with van der Waals surface area (Å²) in [5.74, 6) is 0.187. The van der Waals surface area contributed by atoms with E-state index in [-0.39, 0.29) is 5.92 Å². The fourth-order valence-corrected chi connectivity index (χ4v) is 5.30. The molecule has 0 radical (unpaired) electrons. The van der Waals surface area contributed by atoms with Gasteiger partial charge in [0.1, 0.15) is 0 Å². The lowest BCUT2D eigenvalue weighted by Crippen LogP contribution is -2.03. The summed E-state index contributed by atoms with van der Waals surface area (Å²) >= 11 is 0. The third-order valence-electron chi connectivity index (χ3n) is 7.08. The molecular formula is C33H22. The van der Waals surface area contributed by atoms with Crippen LogP contribution in [-0.2, 0) is 0 Å². The van der Waals surface area contributed by atoms with Gasteiger partial charge in [0, 0.05) is 5.92 Å². The van der Waals surface area contributed by atoms with Crippen LogP contribution in [0.3, 0.4) is 0 Å². The average Bonchev–Trinajstić information content (AvgIpc) is 3.26. The molecule has 0 nitrogen and oxygen atoms in total. The fraction of sp³-hybridized carbons (Fsp3) is 0.0303. The summed E-state index contributed by atoms with van der Waals surface area (Å²) in [7, 11) is 0. The first-order valence-electron chi connectivity index (χ1n) is 11.6. The Hall–Kier alpha value is -4.16. The topological polar surface area (TPSA) is 0 Å². The van der Waals surface area contributed by atoms with E-state index in [1.54, 1.807) is 0 Å². The highest BCUT2D eigenvalue weighted by Gasteiger charge is 2.32.